The average molecular weight is 383 g/mol. The van der Waals surface area contributed by atoms with Crippen molar-refractivity contribution in [2.45, 2.75) is 17.6 Å². The number of thiophene rings is 1. The number of amides is 1. The molecule has 1 N–H and O–H groups in total. The van der Waals surface area contributed by atoms with Crippen molar-refractivity contribution in [2.24, 2.45) is 0 Å². The zero-order valence-electron chi connectivity index (χ0n) is 14.3. The van der Waals surface area contributed by atoms with Gasteiger partial charge in [-0.15, -0.1) is 11.3 Å². The fourth-order valence-electron chi connectivity index (χ4n) is 2.32. The van der Waals surface area contributed by atoms with Crippen molar-refractivity contribution in [1.29, 1.82) is 0 Å². The molecule has 8 heteroatoms. The predicted molar refractivity (Wildman–Crippen MR) is 98.5 cm³/mol. The lowest BCUT2D eigenvalue weighted by atomic mass is 10.1. The molecule has 0 aliphatic rings. The molecule has 0 radical (unpaired) electrons. The number of sulfonamides is 1. The molecule has 25 heavy (non-hydrogen) atoms. The van der Waals surface area contributed by atoms with E-state index in [2.05, 4.69) is 4.72 Å². The van der Waals surface area contributed by atoms with Gasteiger partial charge in [0.2, 0.25) is 15.9 Å². The monoisotopic (exact) mass is 382 g/mol. The predicted octanol–water partition coefficient (Wildman–Crippen LogP) is 2.13. The Hall–Kier alpha value is -1.90. The van der Waals surface area contributed by atoms with Crippen LogP contribution in [0.4, 0.5) is 0 Å². The number of hydrogen-bond acceptors (Lipinski definition) is 5. The summed E-state index contributed by atoms with van der Waals surface area (Å²) in [5, 5.41) is 1.71. The minimum absolute atomic E-state index is 0.0850. The molecule has 2 rings (SSSR count). The fraction of sp³-hybridized carbons (Fsp3) is 0.353. The van der Waals surface area contributed by atoms with Gasteiger partial charge in [-0.2, -0.15) is 0 Å². The quantitative estimate of drug-likeness (QED) is 0.721. The Morgan fingerprint density at radius 2 is 2.04 bits per heavy atom. The Morgan fingerprint density at radius 3 is 2.68 bits per heavy atom. The van der Waals surface area contributed by atoms with Crippen LogP contribution >= 0.6 is 11.3 Å². The molecule has 0 bridgehead atoms. The van der Waals surface area contributed by atoms with Crippen LogP contribution in [-0.2, 0) is 21.2 Å². The van der Waals surface area contributed by atoms with Crippen molar-refractivity contribution in [1.82, 2.24) is 9.62 Å². The van der Waals surface area contributed by atoms with E-state index in [9.17, 15) is 13.2 Å². The van der Waals surface area contributed by atoms with Crippen LogP contribution in [0.2, 0.25) is 0 Å². The van der Waals surface area contributed by atoms with E-state index in [1.54, 1.807) is 29.5 Å². The van der Waals surface area contributed by atoms with Gasteiger partial charge in [0.15, 0.2) is 0 Å². The molecule has 1 aromatic carbocycles. The van der Waals surface area contributed by atoms with Crippen molar-refractivity contribution < 1.29 is 17.9 Å². The number of benzene rings is 1. The van der Waals surface area contributed by atoms with Gasteiger partial charge >= 0.3 is 0 Å². The Balaban J connectivity index is 1.87. The molecule has 1 aromatic heterocycles. The van der Waals surface area contributed by atoms with Gasteiger partial charge in [0.1, 0.15) is 9.96 Å². The second-order valence-corrected chi connectivity index (χ2v) is 8.38. The fourth-order valence-corrected chi connectivity index (χ4v) is 4.38. The van der Waals surface area contributed by atoms with Crippen LogP contribution in [0.1, 0.15) is 12.5 Å². The Bertz CT molecular complexity index is 789. The van der Waals surface area contributed by atoms with Crippen molar-refractivity contribution in [2.75, 3.05) is 26.7 Å². The highest BCUT2D eigenvalue weighted by atomic mass is 32.2. The minimum Gasteiger partial charge on any atom is -0.497 e. The third-order valence-corrected chi connectivity index (χ3v) is 6.54. The first-order valence-corrected chi connectivity index (χ1v) is 10.2. The first kappa shape index (κ1) is 19.4. The van der Waals surface area contributed by atoms with Crippen LogP contribution in [0.25, 0.3) is 0 Å². The van der Waals surface area contributed by atoms with Crippen molar-refractivity contribution in [3.63, 3.8) is 0 Å². The maximum Gasteiger partial charge on any atom is 0.250 e. The summed E-state index contributed by atoms with van der Waals surface area (Å²) in [6.45, 7) is 2.50. The van der Waals surface area contributed by atoms with E-state index in [-0.39, 0.29) is 16.7 Å². The zero-order chi connectivity index (χ0) is 18.3. The molecule has 6 nitrogen and oxygen atoms in total. The highest BCUT2D eigenvalue weighted by molar-refractivity contribution is 7.91. The summed E-state index contributed by atoms with van der Waals surface area (Å²) in [7, 11) is -1.89. The lowest BCUT2D eigenvalue weighted by Crippen LogP contribution is -2.38. The van der Waals surface area contributed by atoms with Crippen LogP contribution in [0.15, 0.2) is 46.0 Å². The van der Waals surface area contributed by atoms with Crippen LogP contribution in [0.5, 0.6) is 5.75 Å². The molecule has 0 spiro atoms. The summed E-state index contributed by atoms with van der Waals surface area (Å²) in [5.74, 6) is 0.689. The summed E-state index contributed by atoms with van der Waals surface area (Å²) in [6, 6.07) is 10.9. The van der Waals surface area contributed by atoms with Gasteiger partial charge in [-0.3, -0.25) is 4.79 Å². The molecule has 0 atom stereocenters. The number of methoxy groups -OCH3 is 1. The second-order valence-electron chi connectivity index (χ2n) is 5.44. The van der Waals surface area contributed by atoms with Gasteiger partial charge in [0, 0.05) is 26.6 Å². The maximum absolute atomic E-state index is 12.1. The standard InChI is InChI=1S/C17H22N2O4S2/c1-14(20)19(10-8-15-5-3-6-16(13-15)23-2)11-9-18-25(21,22)17-7-4-12-24-17/h3-7,12-13,18H,8-11H2,1-2H3. The average Bonchev–Trinajstić information content (AvgIpc) is 3.13. The van der Waals surface area contributed by atoms with E-state index in [1.807, 2.05) is 24.3 Å². The molecular formula is C17H22N2O4S2. The Labute approximate surface area is 152 Å². The topological polar surface area (TPSA) is 75.7 Å². The second kappa shape index (κ2) is 8.98. The summed E-state index contributed by atoms with van der Waals surface area (Å²) < 4.78 is 32.2. The largest absolute Gasteiger partial charge is 0.497 e. The van der Waals surface area contributed by atoms with Gasteiger partial charge < -0.3 is 9.64 Å². The number of carbonyl (C=O) groups is 1. The lowest BCUT2D eigenvalue weighted by molar-refractivity contribution is -0.128. The summed E-state index contributed by atoms with van der Waals surface area (Å²) >= 11 is 1.16. The van der Waals surface area contributed by atoms with Crippen LogP contribution in [-0.4, -0.2) is 46.0 Å². The smallest absolute Gasteiger partial charge is 0.250 e. The number of nitrogens with one attached hydrogen (secondary N) is 1. The highest BCUT2D eigenvalue weighted by Crippen LogP contribution is 2.15. The summed E-state index contributed by atoms with van der Waals surface area (Å²) in [6.07, 6.45) is 0.675. The molecule has 0 aliphatic carbocycles. The number of carbonyl (C=O) groups excluding carboxylic acids is 1. The Kier molecular flexibility index (Phi) is 6.98. The number of rotatable bonds is 9. The van der Waals surface area contributed by atoms with Crippen molar-refractivity contribution in [3.05, 3.63) is 47.3 Å². The van der Waals surface area contributed by atoms with E-state index in [4.69, 9.17) is 4.74 Å². The molecule has 0 saturated carbocycles. The normalized spacial score (nSPS) is 11.3. The van der Waals surface area contributed by atoms with Crippen LogP contribution in [0, 0.1) is 0 Å². The lowest BCUT2D eigenvalue weighted by Gasteiger charge is -2.21. The molecule has 0 fully saturated rings. The number of ether oxygens (including phenoxy) is 1. The van der Waals surface area contributed by atoms with Gasteiger partial charge in [0.25, 0.3) is 0 Å². The van der Waals surface area contributed by atoms with Crippen LogP contribution < -0.4 is 9.46 Å². The molecule has 0 saturated heterocycles. The third-order valence-electron chi connectivity index (χ3n) is 3.68. The Morgan fingerprint density at radius 1 is 1.24 bits per heavy atom. The number of nitrogens with zero attached hydrogens (tertiary/aromatic N) is 1. The van der Waals surface area contributed by atoms with E-state index in [0.29, 0.717) is 19.5 Å². The van der Waals surface area contributed by atoms with E-state index in [1.165, 1.54) is 6.92 Å². The number of hydrogen-bond donors (Lipinski definition) is 1. The van der Waals surface area contributed by atoms with Crippen molar-refractivity contribution >= 4 is 27.3 Å². The van der Waals surface area contributed by atoms with Gasteiger partial charge in [-0.1, -0.05) is 18.2 Å². The zero-order valence-corrected chi connectivity index (χ0v) is 15.9. The molecule has 0 aliphatic heterocycles. The SMILES string of the molecule is COc1cccc(CCN(CCNS(=O)(=O)c2cccs2)C(C)=O)c1. The molecule has 1 heterocycles. The summed E-state index contributed by atoms with van der Waals surface area (Å²) in [5.41, 5.74) is 1.06. The van der Waals surface area contributed by atoms with Gasteiger partial charge in [-0.25, -0.2) is 13.1 Å². The third kappa shape index (κ3) is 5.84. The molecule has 1 amide bonds. The van der Waals surface area contributed by atoms with Crippen molar-refractivity contribution in [3.8, 4) is 5.75 Å². The van der Waals surface area contributed by atoms with E-state index < -0.39 is 10.0 Å². The first-order valence-electron chi connectivity index (χ1n) is 7.84. The minimum atomic E-state index is -3.50. The first-order chi connectivity index (χ1) is 11.9. The molecule has 0 unspecified atom stereocenters. The molecular weight excluding hydrogens is 360 g/mol. The maximum atomic E-state index is 12.1. The molecule has 2 aromatic rings. The van der Waals surface area contributed by atoms with E-state index in [0.717, 1.165) is 22.6 Å². The van der Waals surface area contributed by atoms with Gasteiger partial charge in [-0.05, 0) is 35.6 Å². The molecule has 136 valence electrons. The summed E-state index contributed by atoms with van der Waals surface area (Å²) in [4.78, 5) is 13.4. The highest BCUT2D eigenvalue weighted by Gasteiger charge is 2.16. The van der Waals surface area contributed by atoms with Crippen LogP contribution in [0.3, 0.4) is 0 Å². The van der Waals surface area contributed by atoms with E-state index >= 15 is 0 Å². The van der Waals surface area contributed by atoms with Gasteiger partial charge in [0.05, 0.1) is 7.11 Å².